The maximum absolute atomic E-state index is 12.1. The molecule has 1 unspecified atom stereocenters. The highest BCUT2D eigenvalue weighted by molar-refractivity contribution is 5.93. The van der Waals surface area contributed by atoms with Gasteiger partial charge < -0.3 is 15.2 Å². The summed E-state index contributed by atoms with van der Waals surface area (Å²) in [4.78, 5) is 28.1. The lowest BCUT2D eigenvalue weighted by atomic mass is 10.2. The van der Waals surface area contributed by atoms with Crippen LogP contribution < -0.4 is 10.9 Å². The first-order valence-corrected chi connectivity index (χ1v) is 6.26. The topological polar surface area (TPSA) is 65.2 Å². The fourth-order valence-electron chi connectivity index (χ4n) is 2.27. The van der Waals surface area contributed by atoms with Crippen molar-refractivity contribution in [1.29, 1.82) is 0 Å². The second-order valence-electron chi connectivity index (χ2n) is 4.86. The van der Waals surface area contributed by atoms with Gasteiger partial charge in [-0.3, -0.25) is 9.59 Å². The highest BCUT2D eigenvalue weighted by atomic mass is 16.2. The summed E-state index contributed by atoms with van der Waals surface area (Å²) in [6.07, 6.45) is 2.24. The smallest absolute Gasteiger partial charge is 0.260 e. The lowest BCUT2D eigenvalue weighted by Crippen LogP contribution is -2.40. The zero-order valence-electron chi connectivity index (χ0n) is 10.8. The van der Waals surface area contributed by atoms with Gasteiger partial charge >= 0.3 is 0 Å². The molecule has 0 aliphatic carbocycles. The molecule has 1 fully saturated rings. The van der Waals surface area contributed by atoms with Gasteiger partial charge in [0.05, 0.1) is 0 Å². The second kappa shape index (κ2) is 5.35. The zero-order valence-corrected chi connectivity index (χ0v) is 10.8. The molecule has 18 heavy (non-hydrogen) atoms. The molecule has 1 aliphatic rings. The average molecular weight is 249 g/mol. The number of aryl methyl sites for hydroxylation is 1. The summed E-state index contributed by atoms with van der Waals surface area (Å²) in [6, 6.07) is 3.69. The monoisotopic (exact) mass is 249 g/mol. The predicted octanol–water partition coefficient (Wildman–Crippen LogP) is 0.507. The van der Waals surface area contributed by atoms with E-state index in [4.69, 9.17) is 0 Å². The fraction of sp³-hybridized carbons (Fsp3) is 0.538. The Kier molecular flexibility index (Phi) is 3.81. The van der Waals surface area contributed by atoms with Gasteiger partial charge in [-0.25, -0.2) is 0 Å². The highest BCUT2D eigenvalue weighted by Crippen LogP contribution is 2.07. The number of carbonyl (C=O) groups is 1. The van der Waals surface area contributed by atoms with Gasteiger partial charge in [0.1, 0.15) is 5.56 Å². The molecule has 2 rings (SSSR count). The number of carbonyl (C=O) groups excluding carboxylic acids is 1. The van der Waals surface area contributed by atoms with Crippen LogP contribution in [0.2, 0.25) is 0 Å². The minimum Gasteiger partial charge on any atom is -0.340 e. The summed E-state index contributed by atoms with van der Waals surface area (Å²) in [5.41, 5.74) is 0.656. The predicted molar refractivity (Wildman–Crippen MR) is 69.8 cm³/mol. The van der Waals surface area contributed by atoms with E-state index in [0.717, 1.165) is 25.1 Å². The Hall–Kier alpha value is -1.62. The van der Waals surface area contributed by atoms with Gasteiger partial charge in [0.2, 0.25) is 0 Å². The van der Waals surface area contributed by atoms with E-state index in [1.165, 1.54) is 0 Å². The third kappa shape index (κ3) is 2.79. The van der Waals surface area contributed by atoms with Crippen LogP contribution in [-0.4, -0.2) is 42.0 Å². The molecular weight excluding hydrogens is 230 g/mol. The van der Waals surface area contributed by atoms with Crippen molar-refractivity contribution in [2.24, 2.45) is 0 Å². The Bertz CT molecular complexity index is 489. The highest BCUT2D eigenvalue weighted by Gasteiger charge is 2.21. The van der Waals surface area contributed by atoms with Crippen LogP contribution in [0, 0.1) is 6.92 Å². The van der Waals surface area contributed by atoms with Crippen molar-refractivity contribution in [1.82, 2.24) is 15.2 Å². The number of nitrogens with one attached hydrogen (secondary N) is 2. The summed E-state index contributed by atoms with van der Waals surface area (Å²) in [5, 5.41) is 3.34. The minimum absolute atomic E-state index is 0.209. The first-order valence-electron chi connectivity index (χ1n) is 6.26. The third-order valence-electron chi connectivity index (χ3n) is 3.29. The molecule has 1 atom stereocenters. The van der Waals surface area contributed by atoms with E-state index in [9.17, 15) is 9.59 Å². The summed E-state index contributed by atoms with van der Waals surface area (Å²) in [5.74, 6) is -0.218. The van der Waals surface area contributed by atoms with Crippen LogP contribution in [-0.2, 0) is 0 Å². The molecule has 1 aliphatic heterocycles. The van der Waals surface area contributed by atoms with E-state index in [1.807, 2.05) is 0 Å². The quantitative estimate of drug-likeness (QED) is 0.820. The average Bonchev–Trinajstić information content (AvgIpc) is 2.81. The largest absolute Gasteiger partial charge is 0.340 e. The Balaban J connectivity index is 2.07. The van der Waals surface area contributed by atoms with E-state index >= 15 is 0 Å². The van der Waals surface area contributed by atoms with E-state index in [0.29, 0.717) is 12.6 Å². The van der Waals surface area contributed by atoms with E-state index in [-0.39, 0.29) is 17.0 Å². The lowest BCUT2D eigenvalue weighted by molar-refractivity contribution is 0.0782. The number of likely N-dealkylation sites (N-methyl/N-ethyl adjacent to an activating group) is 1. The molecule has 0 aromatic carbocycles. The molecule has 1 aromatic heterocycles. The first-order chi connectivity index (χ1) is 8.58. The standard InChI is InChI=1S/C13H19N3O2/c1-9-5-6-11(12(17)15-9)13(18)16(2)8-10-4-3-7-14-10/h5-6,10,14H,3-4,7-8H2,1-2H3,(H,15,17). The van der Waals surface area contributed by atoms with Crippen LogP contribution in [0.15, 0.2) is 16.9 Å². The van der Waals surface area contributed by atoms with Crippen LogP contribution in [0.3, 0.4) is 0 Å². The van der Waals surface area contributed by atoms with Crippen LogP contribution in [0.1, 0.15) is 28.9 Å². The molecule has 1 saturated heterocycles. The SMILES string of the molecule is Cc1ccc(C(=O)N(C)CC2CCCN2)c(=O)[nH]1. The van der Waals surface area contributed by atoms with Crippen LogP contribution >= 0.6 is 0 Å². The lowest BCUT2D eigenvalue weighted by Gasteiger charge is -2.21. The molecule has 2 heterocycles. The second-order valence-corrected chi connectivity index (χ2v) is 4.86. The van der Waals surface area contributed by atoms with E-state index < -0.39 is 0 Å². The van der Waals surface area contributed by atoms with Crippen molar-refractivity contribution in [2.75, 3.05) is 20.1 Å². The molecule has 0 spiro atoms. The van der Waals surface area contributed by atoms with Gasteiger partial charge in [-0.15, -0.1) is 0 Å². The fourth-order valence-corrected chi connectivity index (χ4v) is 2.27. The molecule has 0 bridgehead atoms. The maximum atomic E-state index is 12.1. The van der Waals surface area contributed by atoms with Crippen molar-refractivity contribution >= 4 is 5.91 Å². The Morgan fingerprint density at radius 2 is 2.28 bits per heavy atom. The molecule has 1 amide bonds. The molecule has 98 valence electrons. The molecule has 5 nitrogen and oxygen atoms in total. The van der Waals surface area contributed by atoms with Crippen molar-refractivity contribution < 1.29 is 4.79 Å². The van der Waals surface area contributed by atoms with Crippen molar-refractivity contribution in [3.05, 3.63) is 33.7 Å². The molecular formula is C13H19N3O2. The van der Waals surface area contributed by atoms with Crippen molar-refractivity contribution in [3.63, 3.8) is 0 Å². The summed E-state index contributed by atoms with van der Waals surface area (Å²) in [6.45, 7) is 3.45. The number of nitrogens with zero attached hydrogens (tertiary/aromatic N) is 1. The van der Waals surface area contributed by atoms with Crippen LogP contribution in [0.5, 0.6) is 0 Å². The van der Waals surface area contributed by atoms with Crippen LogP contribution in [0.4, 0.5) is 0 Å². The number of pyridine rings is 1. The number of hydrogen-bond acceptors (Lipinski definition) is 3. The number of hydrogen-bond donors (Lipinski definition) is 2. The Morgan fingerprint density at radius 3 is 2.89 bits per heavy atom. The zero-order chi connectivity index (χ0) is 13.1. The maximum Gasteiger partial charge on any atom is 0.260 e. The first kappa shape index (κ1) is 12.8. The van der Waals surface area contributed by atoms with Crippen molar-refractivity contribution in [2.45, 2.75) is 25.8 Å². The third-order valence-corrected chi connectivity index (χ3v) is 3.29. The van der Waals surface area contributed by atoms with Gasteiger partial charge in [0.25, 0.3) is 11.5 Å². The Labute approximate surface area is 106 Å². The van der Waals surface area contributed by atoms with E-state index in [2.05, 4.69) is 10.3 Å². The molecule has 2 N–H and O–H groups in total. The summed E-state index contributed by atoms with van der Waals surface area (Å²) in [7, 11) is 1.74. The molecule has 5 heteroatoms. The van der Waals surface area contributed by atoms with Gasteiger partial charge in [0.15, 0.2) is 0 Å². The number of amides is 1. The van der Waals surface area contributed by atoms with Gasteiger partial charge in [-0.1, -0.05) is 0 Å². The number of H-pyrrole nitrogens is 1. The van der Waals surface area contributed by atoms with Crippen molar-refractivity contribution in [3.8, 4) is 0 Å². The molecule has 0 radical (unpaired) electrons. The van der Waals surface area contributed by atoms with Crippen LogP contribution in [0.25, 0.3) is 0 Å². The van der Waals surface area contributed by atoms with E-state index in [1.54, 1.807) is 31.0 Å². The number of rotatable bonds is 3. The molecule has 1 aromatic rings. The van der Waals surface area contributed by atoms with Gasteiger partial charge in [0, 0.05) is 25.3 Å². The Morgan fingerprint density at radius 1 is 1.50 bits per heavy atom. The minimum atomic E-state index is -0.314. The van der Waals surface area contributed by atoms with Gasteiger partial charge in [-0.2, -0.15) is 0 Å². The summed E-state index contributed by atoms with van der Waals surface area (Å²) >= 11 is 0. The normalized spacial score (nSPS) is 18.9. The number of aromatic nitrogens is 1. The molecule has 0 saturated carbocycles. The summed E-state index contributed by atoms with van der Waals surface area (Å²) < 4.78 is 0. The number of aromatic amines is 1. The van der Waals surface area contributed by atoms with Gasteiger partial charge in [-0.05, 0) is 38.4 Å².